The standard InChI is InChI=1S/C25H24N2O4S/c1-15(2)19-13-17(6-7-20(19)31-3)23(28)21-22(16-8-10-26-11-9-16)27(25(30)24(21)29)14-18-5-4-12-32-18/h4-13,15,22,28H,14H2,1-3H3/b23-21-. The van der Waals surface area contributed by atoms with E-state index in [0.29, 0.717) is 11.3 Å². The number of methoxy groups -OCH3 is 1. The first-order valence-electron chi connectivity index (χ1n) is 10.3. The molecule has 3 heterocycles. The Morgan fingerprint density at radius 2 is 1.94 bits per heavy atom. The molecule has 1 atom stereocenters. The molecular weight excluding hydrogens is 424 g/mol. The van der Waals surface area contributed by atoms with Crippen LogP contribution in [0.3, 0.4) is 0 Å². The molecule has 0 radical (unpaired) electrons. The Bertz CT molecular complexity index is 1170. The predicted octanol–water partition coefficient (Wildman–Crippen LogP) is 4.90. The van der Waals surface area contributed by atoms with Gasteiger partial charge in [-0.15, -0.1) is 11.3 Å². The SMILES string of the molecule is COc1ccc(/C(O)=C2/C(=O)C(=O)N(Cc3cccs3)C2c2ccncc2)cc1C(C)C. The first-order valence-corrected chi connectivity index (χ1v) is 11.2. The van der Waals surface area contributed by atoms with E-state index >= 15 is 0 Å². The summed E-state index contributed by atoms with van der Waals surface area (Å²) in [4.78, 5) is 32.7. The van der Waals surface area contributed by atoms with Crippen molar-refractivity contribution in [3.63, 3.8) is 0 Å². The lowest BCUT2D eigenvalue weighted by Crippen LogP contribution is -2.28. The molecule has 3 aromatic rings. The van der Waals surface area contributed by atoms with Crippen molar-refractivity contribution in [1.82, 2.24) is 9.88 Å². The highest BCUT2D eigenvalue weighted by molar-refractivity contribution is 7.09. The zero-order chi connectivity index (χ0) is 22.8. The van der Waals surface area contributed by atoms with E-state index in [1.54, 1.807) is 43.8 Å². The van der Waals surface area contributed by atoms with Crippen molar-refractivity contribution < 1.29 is 19.4 Å². The molecule has 1 saturated heterocycles. The van der Waals surface area contributed by atoms with Crippen LogP contribution in [0.15, 0.2) is 65.8 Å². The number of hydrogen-bond acceptors (Lipinski definition) is 6. The molecule has 1 fully saturated rings. The van der Waals surface area contributed by atoms with Gasteiger partial charge in [-0.1, -0.05) is 19.9 Å². The lowest BCUT2D eigenvalue weighted by Gasteiger charge is -2.24. The fraction of sp³-hybridized carbons (Fsp3) is 0.240. The minimum Gasteiger partial charge on any atom is -0.507 e. The van der Waals surface area contributed by atoms with E-state index in [9.17, 15) is 14.7 Å². The van der Waals surface area contributed by atoms with Gasteiger partial charge in [-0.3, -0.25) is 14.6 Å². The molecule has 2 aromatic heterocycles. The maximum absolute atomic E-state index is 13.1. The molecule has 0 spiro atoms. The van der Waals surface area contributed by atoms with Crippen LogP contribution in [0, 0.1) is 0 Å². The zero-order valence-electron chi connectivity index (χ0n) is 18.1. The van der Waals surface area contributed by atoms with Crippen LogP contribution in [0.25, 0.3) is 5.76 Å². The zero-order valence-corrected chi connectivity index (χ0v) is 18.9. The summed E-state index contributed by atoms with van der Waals surface area (Å²) in [5, 5.41) is 13.2. The summed E-state index contributed by atoms with van der Waals surface area (Å²) in [6.45, 7) is 4.34. The smallest absolute Gasteiger partial charge is 0.295 e. The molecule has 0 bridgehead atoms. The lowest BCUT2D eigenvalue weighted by molar-refractivity contribution is -0.140. The quantitative estimate of drug-likeness (QED) is 0.330. The highest BCUT2D eigenvalue weighted by Crippen LogP contribution is 2.41. The van der Waals surface area contributed by atoms with E-state index in [1.807, 2.05) is 37.4 Å². The largest absolute Gasteiger partial charge is 0.507 e. The second kappa shape index (κ2) is 8.96. The molecule has 1 aliphatic rings. The number of pyridine rings is 1. The van der Waals surface area contributed by atoms with Crippen LogP contribution in [0.2, 0.25) is 0 Å². The molecule has 1 unspecified atom stereocenters. The highest BCUT2D eigenvalue weighted by atomic mass is 32.1. The van der Waals surface area contributed by atoms with E-state index in [2.05, 4.69) is 4.98 Å². The molecular formula is C25H24N2O4S. The number of amides is 1. The van der Waals surface area contributed by atoms with E-state index in [1.165, 1.54) is 16.2 Å². The summed E-state index contributed by atoms with van der Waals surface area (Å²) < 4.78 is 5.44. The van der Waals surface area contributed by atoms with Gasteiger partial charge in [0.1, 0.15) is 11.5 Å². The molecule has 4 rings (SSSR count). The number of aromatic nitrogens is 1. The second-order valence-corrected chi connectivity index (χ2v) is 8.93. The second-order valence-electron chi connectivity index (χ2n) is 7.90. The third kappa shape index (κ3) is 3.91. The number of likely N-dealkylation sites (tertiary alicyclic amines) is 1. The van der Waals surface area contributed by atoms with Crippen molar-refractivity contribution >= 4 is 28.8 Å². The topological polar surface area (TPSA) is 79.7 Å². The van der Waals surface area contributed by atoms with Crippen LogP contribution >= 0.6 is 11.3 Å². The first kappa shape index (κ1) is 21.8. The van der Waals surface area contributed by atoms with Gasteiger partial charge in [0, 0.05) is 22.8 Å². The van der Waals surface area contributed by atoms with Crippen molar-refractivity contribution in [2.75, 3.05) is 7.11 Å². The maximum Gasteiger partial charge on any atom is 0.295 e. The summed E-state index contributed by atoms with van der Waals surface area (Å²) in [6.07, 6.45) is 3.23. The number of rotatable bonds is 6. The Morgan fingerprint density at radius 3 is 2.56 bits per heavy atom. The Kier molecular flexibility index (Phi) is 6.10. The van der Waals surface area contributed by atoms with Crippen LogP contribution in [0.1, 0.15) is 47.4 Å². The Hall–Kier alpha value is -3.45. The minimum atomic E-state index is -0.704. The van der Waals surface area contributed by atoms with Crippen LogP contribution in [0.5, 0.6) is 5.75 Å². The number of carbonyl (C=O) groups is 2. The van der Waals surface area contributed by atoms with Crippen molar-refractivity contribution in [3.8, 4) is 5.75 Å². The van der Waals surface area contributed by atoms with Crippen LogP contribution < -0.4 is 4.74 Å². The van der Waals surface area contributed by atoms with E-state index in [4.69, 9.17) is 4.74 Å². The molecule has 0 aliphatic carbocycles. The van der Waals surface area contributed by atoms with Gasteiger partial charge in [0.15, 0.2) is 0 Å². The number of thiophene rings is 1. The van der Waals surface area contributed by atoms with Gasteiger partial charge >= 0.3 is 0 Å². The van der Waals surface area contributed by atoms with Crippen molar-refractivity contribution in [1.29, 1.82) is 0 Å². The fourth-order valence-corrected chi connectivity index (χ4v) is 4.70. The maximum atomic E-state index is 13.1. The Labute approximate surface area is 190 Å². The molecule has 32 heavy (non-hydrogen) atoms. The fourth-order valence-electron chi connectivity index (χ4n) is 3.99. The predicted molar refractivity (Wildman–Crippen MR) is 123 cm³/mol. The summed E-state index contributed by atoms with van der Waals surface area (Å²) in [5.74, 6) is -0.652. The molecule has 164 valence electrons. The number of hydrogen-bond donors (Lipinski definition) is 1. The van der Waals surface area contributed by atoms with E-state index in [0.717, 1.165) is 16.0 Å². The molecule has 6 nitrogen and oxygen atoms in total. The molecule has 7 heteroatoms. The van der Waals surface area contributed by atoms with Crippen LogP contribution in [-0.4, -0.2) is 33.8 Å². The number of Topliss-reactive ketones (excluding diaryl/α,β-unsaturated/α-hetero) is 1. The van der Waals surface area contributed by atoms with Gasteiger partial charge in [0.2, 0.25) is 0 Å². The molecule has 1 aromatic carbocycles. The molecule has 1 amide bonds. The van der Waals surface area contributed by atoms with Gasteiger partial charge in [-0.2, -0.15) is 0 Å². The van der Waals surface area contributed by atoms with Crippen LogP contribution in [-0.2, 0) is 16.1 Å². The average molecular weight is 449 g/mol. The molecule has 0 saturated carbocycles. The first-order chi connectivity index (χ1) is 15.4. The van der Waals surface area contributed by atoms with E-state index in [-0.39, 0.29) is 23.8 Å². The highest BCUT2D eigenvalue weighted by Gasteiger charge is 2.46. The van der Waals surface area contributed by atoms with Gasteiger partial charge in [0.05, 0.1) is 25.3 Å². The number of carbonyl (C=O) groups excluding carboxylic acids is 2. The van der Waals surface area contributed by atoms with Crippen molar-refractivity contribution in [2.24, 2.45) is 0 Å². The van der Waals surface area contributed by atoms with Gasteiger partial charge in [0.25, 0.3) is 11.7 Å². The number of benzene rings is 1. The normalized spacial score (nSPS) is 17.9. The number of nitrogens with zero attached hydrogens (tertiary/aromatic N) is 2. The lowest BCUT2D eigenvalue weighted by atomic mass is 9.93. The van der Waals surface area contributed by atoms with E-state index < -0.39 is 17.7 Å². The summed E-state index contributed by atoms with van der Waals surface area (Å²) in [7, 11) is 1.60. The summed E-state index contributed by atoms with van der Waals surface area (Å²) >= 11 is 1.52. The van der Waals surface area contributed by atoms with Crippen molar-refractivity contribution in [2.45, 2.75) is 32.4 Å². The number of ether oxygens (including phenoxy) is 1. The monoisotopic (exact) mass is 448 g/mol. The number of aliphatic hydroxyl groups excluding tert-OH is 1. The summed E-state index contributed by atoms with van der Waals surface area (Å²) in [6, 6.07) is 11.9. The minimum absolute atomic E-state index is 0.0811. The Morgan fingerprint density at radius 1 is 1.19 bits per heavy atom. The molecule has 1 N–H and O–H groups in total. The number of ketones is 1. The Balaban J connectivity index is 1.87. The average Bonchev–Trinajstić information content (AvgIpc) is 3.41. The van der Waals surface area contributed by atoms with Gasteiger partial charge in [-0.05, 0) is 58.8 Å². The third-order valence-corrected chi connectivity index (χ3v) is 6.45. The van der Waals surface area contributed by atoms with Crippen molar-refractivity contribution in [3.05, 3.63) is 87.4 Å². The molecule has 1 aliphatic heterocycles. The summed E-state index contributed by atoms with van der Waals surface area (Å²) in [5.41, 5.74) is 2.18. The van der Waals surface area contributed by atoms with Crippen LogP contribution in [0.4, 0.5) is 0 Å². The number of aliphatic hydroxyl groups is 1. The van der Waals surface area contributed by atoms with Gasteiger partial charge in [-0.25, -0.2) is 0 Å². The third-order valence-electron chi connectivity index (χ3n) is 5.59. The van der Waals surface area contributed by atoms with Gasteiger partial charge < -0.3 is 14.7 Å².